The Kier molecular flexibility index (Phi) is 9.08. The van der Waals surface area contributed by atoms with Crippen LogP contribution in [0.5, 0.6) is 0 Å². The van der Waals surface area contributed by atoms with Gasteiger partial charge in [-0.25, -0.2) is 0 Å². The topological polar surface area (TPSA) is 149 Å². The highest BCUT2D eigenvalue weighted by molar-refractivity contribution is 7.53. The number of hydrogen-bond acceptors (Lipinski definition) is 10. The van der Waals surface area contributed by atoms with Crippen LogP contribution in [0.1, 0.15) is 70.6 Å². The van der Waals surface area contributed by atoms with Crippen molar-refractivity contribution in [1.82, 2.24) is 0 Å². The Hall–Kier alpha value is -2.23. The van der Waals surface area contributed by atoms with Gasteiger partial charge in [0.2, 0.25) is 6.79 Å². The zero-order valence-electron chi connectivity index (χ0n) is 21.2. The summed E-state index contributed by atoms with van der Waals surface area (Å²) in [5, 5.41) is 12.9. The van der Waals surface area contributed by atoms with Crippen LogP contribution in [0.2, 0.25) is 0 Å². The molecule has 0 radical (unpaired) electrons. The molecule has 1 aromatic rings. The summed E-state index contributed by atoms with van der Waals surface area (Å²) in [5.74, 6) is -1.59. The SMILES string of the molecule is O=C(OCOP(=O)(CCN1CCCNc2c1c(=O)c2=O)OCC1(C(=O)O)CCCCC1)C1CCCCC1. The van der Waals surface area contributed by atoms with Crippen molar-refractivity contribution in [3.63, 3.8) is 0 Å². The molecule has 1 unspecified atom stereocenters. The first-order valence-corrected chi connectivity index (χ1v) is 15.1. The fourth-order valence-electron chi connectivity index (χ4n) is 5.56. The molecule has 1 aliphatic heterocycles. The van der Waals surface area contributed by atoms with Crippen LogP contribution in [0.15, 0.2) is 9.59 Å². The molecule has 2 aliphatic carbocycles. The lowest BCUT2D eigenvalue weighted by Gasteiger charge is -2.34. The number of carboxylic acids is 1. The van der Waals surface area contributed by atoms with E-state index in [0.29, 0.717) is 32.4 Å². The molecule has 0 saturated heterocycles. The van der Waals surface area contributed by atoms with E-state index < -0.39 is 42.6 Å². The molecular weight excluding hydrogens is 503 g/mol. The second kappa shape index (κ2) is 12.1. The van der Waals surface area contributed by atoms with E-state index in [1.807, 2.05) is 0 Å². The average molecular weight is 541 g/mol. The predicted octanol–water partition coefficient (Wildman–Crippen LogP) is 3.25. The summed E-state index contributed by atoms with van der Waals surface area (Å²) in [4.78, 5) is 50.3. The van der Waals surface area contributed by atoms with Gasteiger partial charge in [-0.2, -0.15) is 0 Å². The number of ether oxygens (including phenoxy) is 1. The summed E-state index contributed by atoms with van der Waals surface area (Å²) in [6, 6.07) is 0. The van der Waals surface area contributed by atoms with E-state index in [0.717, 1.165) is 51.4 Å². The van der Waals surface area contributed by atoms with Crippen LogP contribution < -0.4 is 21.1 Å². The molecule has 206 valence electrons. The molecule has 0 bridgehead atoms. The van der Waals surface area contributed by atoms with Crippen molar-refractivity contribution in [2.75, 3.05) is 49.4 Å². The Balaban J connectivity index is 1.43. The van der Waals surface area contributed by atoms with Gasteiger partial charge in [-0.15, -0.1) is 0 Å². The number of carboxylic acid groups (broad SMARTS) is 1. The highest BCUT2D eigenvalue weighted by Gasteiger charge is 2.43. The Morgan fingerprint density at radius 1 is 1.00 bits per heavy atom. The van der Waals surface area contributed by atoms with E-state index in [1.165, 1.54) is 0 Å². The third-order valence-electron chi connectivity index (χ3n) is 7.94. The maximum Gasteiger partial charge on any atom is 0.335 e. The molecule has 2 fully saturated rings. The van der Waals surface area contributed by atoms with Gasteiger partial charge in [-0.1, -0.05) is 38.5 Å². The fraction of sp³-hybridized carbons (Fsp3) is 0.760. The number of rotatable bonds is 11. The van der Waals surface area contributed by atoms with Crippen LogP contribution in [-0.4, -0.2) is 56.2 Å². The summed E-state index contributed by atoms with van der Waals surface area (Å²) in [5.41, 5.74) is -1.75. The third-order valence-corrected chi connectivity index (χ3v) is 9.71. The van der Waals surface area contributed by atoms with Gasteiger partial charge >= 0.3 is 19.5 Å². The molecule has 2 saturated carbocycles. The first-order valence-electron chi connectivity index (χ1n) is 13.3. The maximum absolute atomic E-state index is 13.8. The number of fused-ring (bicyclic) bond motifs is 1. The lowest BCUT2D eigenvalue weighted by Crippen LogP contribution is -2.42. The molecule has 37 heavy (non-hydrogen) atoms. The minimum Gasteiger partial charge on any atom is -0.481 e. The van der Waals surface area contributed by atoms with E-state index in [-0.39, 0.29) is 36.6 Å². The number of hydrogen-bond donors (Lipinski definition) is 2. The highest BCUT2D eigenvalue weighted by Crippen LogP contribution is 2.51. The number of carbonyl (C=O) groups is 2. The Morgan fingerprint density at radius 2 is 1.70 bits per heavy atom. The van der Waals surface area contributed by atoms with Crippen LogP contribution in [-0.2, 0) is 27.9 Å². The minimum atomic E-state index is -3.92. The predicted molar refractivity (Wildman–Crippen MR) is 137 cm³/mol. The molecule has 0 amide bonds. The van der Waals surface area contributed by atoms with E-state index >= 15 is 0 Å². The number of nitrogens with one attached hydrogen (secondary N) is 1. The highest BCUT2D eigenvalue weighted by atomic mass is 31.2. The number of nitrogens with zero attached hydrogens (tertiary/aromatic N) is 1. The molecule has 0 spiro atoms. The lowest BCUT2D eigenvalue weighted by atomic mass is 9.75. The van der Waals surface area contributed by atoms with Gasteiger partial charge in [0.25, 0.3) is 10.9 Å². The van der Waals surface area contributed by atoms with E-state index in [1.54, 1.807) is 4.90 Å². The zero-order chi connectivity index (χ0) is 26.5. The van der Waals surface area contributed by atoms with Crippen molar-refractivity contribution in [3.8, 4) is 0 Å². The average Bonchev–Trinajstić information content (AvgIpc) is 3.12. The summed E-state index contributed by atoms with van der Waals surface area (Å²) in [7, 11) is -3.92. The quantitative estimate of drug-likeness (QED) is 0.184. The Bertz CT molecular complexity index is 1080. The lowest BCUT2D eigenvalue weighted by molar-refractivity contribution is -0.156. The summed E-state index contributed by atoms with van der Waals surface area (Å²) in [6.07, 6.45) is 8.30. The maximum atomic E-state index is 13.8. The van der Waals surface area contributed by atoms with Crippen LogP contribution >= 0.6 is 7.60 Å². The Morgan fingerprint density at radius 3 is 2.41 bits per heavy atom. The van der Waals surface area contributed by atoms with Crippen molar-refractivity contribution in [3.05, 3.63) is 20.4 Å². The summed E-state index contributed by atoms with van der Waals surface area (Å²) < 4.78 is 30.4. The fourth-order valence-corrected chi connectivity index (χ4v) is 7.04. The molecule has 12 heteroatoms. The number of esters is 1. The van der Waals surface area contributed by atoms with E-state index in [2.05, 4.69) is 5.32 Å². The third kappa shape index (κ3) is 6.44. The summed E-state index contributed by atoms with van der Waals surface area (Å²) >= 11 is 0. The smallest absolute Gasteiger partial charge is 0.335 e. The molecule has 2 N–H and O–H groups in total. The second-order valence-corrected chi connectivity index (χ2v) is 12.6. The molecule has 3 aliphatic rings. The van der Waals surface area contributed by atoms with Crippen molar-refractivity contribution < 1.29 is 33.0 Å². The van der Waals surface area contributed by atoms with Gasteiger partial charge in [0.1, 0.15) is 11.4 Å². The van der Waals surface area contributed by atoms with Gasteiger partial charge in [0.05, 0.1) is 24.1 Å². The van der Waals surface area contributed by atoms with Gasteiger partial charge < -0.3 is 24.6 Å². The Labute approximate surface area is 216 Å². The summed E-state index contributed by atoms with van der Waals surface area (Å²) in [6.45, 7) is 0.286. The molecule has 11 nitrogen and oxygen atoms in total. The van der Waals surface area contributed by atoms with Crippen LogP contribution in [0.25, 0.3) is 0 Å². The van der Waals surface area contributed by atoms with Crippen molar-refractivity contribution in [2.24, 2.45) is 11.3 Å². The van der Waals surface area contributed by atoms with Crippen molar-refractivity contribution in [2.45, 2.75) is 70.6 Å². The molecule has 1 aromatic carbocycles. The number of carbonyl (C=O) groups excluding carboxylic acids is 1. The van der Waals surface area contributed by atoms with Crippen LogP contribution in [0.3, 0.4) is 0 Å². The largest absolute Gasteiger partial charge is 0.481 e. The number of aliphatic carboxylic acids is 1. The van der Waals surface area contributed by atoms with E-state index in [4.69, 9.17) is 13.8 Å². The van der Waals surface area contributed by atoms with Gasteiger partial charge in [-0.05, 0) is 32.1 Å². The first-order chi connectivity index (χ1) is 17.7. The molecule has 0 aromatic heterocycles. The normalized spacial score (nSPS) is 21.9. The van der Waals surface area contributed by atoms with Gasteiger partial charge in [0.15, 0.2) is 0 Å². The minimum absolute atomic E-state index is 0.105. The van der Waals surface area contributed by atoms with Crippen LogP contribution in [0, 0.1) is 11.3 Å². The molecule has 1 heterocycles. The van der Waals surface area contributed by atoms with Crippen LogP contribution in [0.4, 0.5) is 11.4 Å². The molecular formula is C25H37N2O9P. The van der Waals surface area contributed by atoms with E-state index in [9.17, 15) is 28.8 Å². The first kappa shape index (κ1) is 27.8. The van der Waals surface area contributed by atoms with Gasteiger partial charge in [0, 0.05) is 19.6 Å². The standard InChI is InChI=1S/C25H37N2O9P/c28-21-19-20(22(21)29)27(13-7-12-26-19)14-15-37(33,35-16-25(24(31)32)10-5-2-6-11-25)36-17-34-23(30)18-8-3-1-4-9-18/h18,26H,1-17H2,(H,31,32). The van der Waals surface area contributed by atoms with Crippen molar-refractivity contribution in [1.29, 1.82) is 0 Å². The van der Waals surface area contributed by atoms with Gasteiger partial charge in [-0.3, -0.25) is 28.3 Å². The molecule has 4 rings (SSSR count). The van der Waals surface area contributed by atoms with Crippen molar-refractivity contribution >= 4 is 30.9 Å². The second-order valence-electron chi connectivity index (χ2n) is 10.4. The zero-order valence-corrected chi connectivity index (χ0v) is 22.1. The molecule has 1 atom stereocenters. The monoisotopic (exact) mass is 540 g/mol. The number of anilines is 2.